The Hall–Kier alpha value is -2.67. The highest BCUT2D eigenvalue weighted by atomic mass is 16.2. The van der Waals surface area contributed by atoms with Crippen LogP contribution in [0.25, 0.3) is 0 Å². The molecule has 0 saturated carbocycles. The summed E-state index contributed by atoms with van der Waals surface area (Å²) in [7, 11) is 0. The topological polar surface area (TPSA) is 81.3 Å². The molecule has 2 heterocycles. The average Bonchev–Trinajstić information content (AvgIpc) is 2.64. The number of H-pyrrole nitrogens is 1. The van der Waals surface area contributed by atoms with Gasteiger partial charge in [0.2, 0.25) is 0 Å². The number of carbonyl (C=O) groups excluding carboxylic acids is 1. The summed E-state index contributed by atoms with van der Waals surface area (Å²) < 4.78 is 0. The number of benzene rings is 1. The normalized spacial score (nSPS) is 15.2. The molecular formula is C18H23N5O2. The molecular weight excluding hydrogens is 318 g/mol. The van der Waals surface area contributed by atoms with Gasteiger partial charge in [0, 0.05) is 43.6 Å². The number of aromatic amines is 1. The second kappa shape index (κ2) is 7.48. The van der Waals surface area contributed by atoms with Crippen LogP contribution in [0, 0.1) is 6.92 Å². The Morgan fingerprint density at radius 1 is 1.20 bits per heavy atom. The molecule has 7 nitrogen and oxygen atoms in total. The first-order valence-corrected chi connectivity index (χ1v) is 8.52. The second-order valence-electron chi connectivity index (χ2n) is 6.18. The van der Waals surface area contributed by atoms with E-state index in [0.29, 0.717) is 0 Å². The van der Waals surface area contributed by atoms with E-state index in [0.717, 1.165) is 44.0 Å². The molecule has 0 spiro atoms. The van der Waals surface area contributed by atoms with Gasteiger partial charge in [0.15, 0.2) is 0 Å². The van der Waals surface area contributed by atoms with Crippen molar-refractivity contribution in [3.63, 3.8) is 0 Å². The Bertz CT molecular complexity index is 789. The van der Waals surface area contributed by atoms with Crippen LogP contribution in [-0.4, -0.2) is 53.7 Å². The maximum Gasteiger partial charge on any atom is 0.276 e. The van der Waals surface area contributed by atoms with E-state index in [1.54, 1.807) is 0 Å². The smallest absolute Gasteiger partial charge is 0.276 e. The van der Waals surface area contributed by atoms with Crippen LogP contribution < -0.4 is 15.8 Å². The molecule has 0 aliphatic carbocycles. The quantitative estimate of drug-likeness (QED) is 0.880. The predicted octanol–water partition coefficient (Wildman–Crippen LogP) is 1.47. The lowest BCUT2D eigenvalue weighted by Gasteiger charge is -2.35. The van der Waals surface area contributed by atoms with E-state index in [2.05, 4.69) is 38.3 Å². The number of hydrogen-bond donors (Lipinski definition) is 2. The first-order valence-electron chi connectivity index (χ1n) is 8.52. The number of anilines is 2. The Morgan fingerprint density at radius 2 is 1.96 bits per heavy atom. The van der Waals surface area contributed by atoms with E-state index in [4.69, 9.17) is 0 Å². The number of amides is 1. The van der Waals surface area contributed by atoms with Crippen molar-refractivity contribution in [2.45, 2.75) is 13.8 Å². The zero-order chi connectivity index (χ0) is 17.8. The third-order valence-electron chi connectivity index (χ3n) is 4.55. The zero-order valence-corrected chi connectivity index (χ0v) is 14.6. The maximum atomic E-state index is 12.2. The molecule has 3 rings (SSSR count). The highest BCUT2D eigenvalue weighted by molar-refractivity contribution is 6.03. The van der Waals surface area contributed by atoms with Crippen molar-refractivity contribution in [1.82, 2.24) is 15.1 Å². The van der Waals surface area contributed by atoms with Gasteiger partial charge in [-0.3, -0.25) is 9.59 Å². The van der Waals surface area contributed by atoms with E-state index in [-0.39, 0.29) is 17.2 Å². The highest BCUT2D eigenvalue weighted by Gasteiger charge is 2.17. The van der Waals surface area contributed by atoms with Gasteiger partial charge in [-0.15, -0.1) is 0 Å². The average molecular weight is 341 g/mol. The Kier molecular flexibility index (Phi) is 5.14. The molecule has 1 aliphatic rings. The minimum Gasteiger partial charge on any atom is -0.369 e. The summed E-state index contributed by atoms with van der Waals surface area (Å²) >= 11 is 0. The van der Waals surface area contributed by atoms with E-state index < -0.39 is 0 Å². The second-order valence-corrected chi connectivity index (χ2v) is 6.18. The van der Waals surface area contributed by atoms with E-state index in [9.17, 15) is 9.59 Å². The van der Waals surface area contributed by atoms with Crippen LogP contribution in [0.15, 0.2) is 35.1 Å². The number of likely N-dealkylation sites (N-methyl/N-ethyl adjacent to an activating group) is 1. The van der Waals surface area contributed by atoms with E-state index in [1.807, 2.05) is 19.1 Å². The van der Waals surface area contributed by atoms with Gasteiger partial charge in [-0.05, 0) is 43.3 Å². The Balaban J connectivity index is 1.68. The molecule has 0 bridgehead atoms. The lowest BCUT2D eigenvalue weighted by molar-refractivity contribution is 0.102. The number of nitrogens with one attached hydrogen (secondary N) is 2. The minimum absolute atomic E-state index is 0.179. The maximum absolute atomic E-state index is 12.2. The summed E-state index contributed by atoms with van der Waals surface area (Å²) in [5.74, 6) is -0.344. The van der Waals surface area contributed by atoms with Crippen LogP contribution >= 0.6 is 0 Å². The molecule has 1 aromatic carbocycles. The summed E-state index contributed by atoms with van der Waals surface area (Å²) in [5, 5.41) is 8.85. The van der Waals surface area contributed by atoms with Crippen LogP contribution in [0.2, 0.25) is 0 Å². The van der Waals surface area contributed by atoms with E-state index >= 15 is 0 Å². The molecule has 1 amide bonds. The molecule has 1 aromatic heterocycles. The first-order chi connectivity index (χ1) is 12.1. The molecule has 2 aromatic rings. The van der Waals surface area contributed by atoms with Crippen molar-refractivity contribution >= 4 is 17.3 Å². The van der Waals surface area contributed by atoms with Gasteiger partial charge in [-0.1, -0.05) is 6.92 Å². The molecule has 1 fully saturated rings. The van der Waals surface area contributed by atoms with Crippen molar-refractivity contribution in [3.8, 4) is 0 Å². The Morgan fingerprint density at radius 3 is 2.56 bits per heavy atom. The monoisotopic (exact) mass is 341 g/mol. The fourth-order valence-corrected chi connectivity index (χ4v) is 2.96. The van der Waals surface area contributed by atoms with Crippen LogP contribution in [-0.2, 0) is 0 Å². The molecule has 7 heteroatoms. The van der Waals surface area contributed by atoms with Gasteiger partial charge < -0.3 is 15.1 Å². The van der Waals surface area contributed by atoms with Gasteiger partial charge in [0.25, 0.3) is 11.5 Å². The summed E-state index contributed by atoms with van der Waals surface area (Å²) in [5.41, 5.74) is 2.76. The zero-order valence-electron chi connectivity index (χ0n) is 14.6. The van der Waals surface area contributed by atoms with Crippen LogP contribution in [0.3, 0.4) is 0 Å². The Labute approximate surface area is 146 Å². The highest BCUT2D eigenvalue weighted by Crippen LogP contribution is 2.24. The van der Waals surface area contributed by atoms with Gasteiger partial charge in [-0.2, -0.15) is 5.10 Å². The molecule has 0 atom stereocenters. The molecule has 1 aliphatic heterocycles. The number of aryl methyl sites for hydroxylation is 1. The summed E-state index contributed by atoms with van der Waals surface area (Å²) in [6, 6.07) is 8.74. The van der Waals surface area contributed by atoms with E-state index in [1.165, 1.54) is 17.8 Å². The molecule has 25 heavy (non-hydrogen) atoms. The van der Waals surface area contributed by atoms with Gasteiger partial charge in [0.1, 0.15) is 5.69 Å². The molecule has 0 unspecified atom stereocenters. The number of aromatic nitrogens is 2. The van der Waals surface area contributed by atoms with Crippen molar-refractivity contribution in [1.29, 1.82) is 0 Å². The van der Waals surface area contributed by atoms with Crippen molar-refractivity contribution in [2.75, 3.05) is 42.9 Å². The lowest BCUT2D eigenvalue weighted by Crippen LogP contribution is -2.46. The number of nitrogens with zero attached hydrogens (tertiary/aromatic N) is 3. The minimum atomic E-state index is -0.344. The van der Waals surface area contributed by atoms with Crippen molar-refractivity contribution < 1.29 is 4.79 Å². The summed E-state index contributed by atoms with van der Waals surface area (Å²) in [4.78, 5) is 28.1. The fraction of sp³-hybridized carbons (Fsp3) is 0.389. The van der Waals surface area contributed by atoms with Gasteiger partial charge >= 0.3 is 0 Å². The molecule has 1 saturated heterocycles. The molecule has 132 valence electrons. The van der Waals surface area contributed by atoms with Crippen LogP contribution in [0.5, 0.6) is 0 Å². The number of rotatable bonds is 4. The van der Waals surface area contributed by atoms with Crippen molar-refractivity contribution in [2.24, 2.45) is 0 Å². The van der Waals surface area contributed by atoms with Crippen molar-refractivity contribution in [3.05, 3.63) is 51.9 Å². The molecule has 2 N–H and O–H groups in total. The van der Waals surface area contributed by atoms with Crippen LogP contribution in [0.4, 0.5) is 11.4 Å². The van der Waals surface area contributed by atoms with Crippen LogP contribution in [0.1, 0.15) is 23.0 Å². The number of piperazine rings is 1. The number of carbonyl (C=O) groups is 1. The lowest BCUT2D eigenvalue weighted by atomic mass is 10.1. The standard InChI is InChI=1S/C18H23N5O2/c1-3-22-8-10-23(11-9-22)14-4-5-15(13(2)12-14)19-18(25)16-6-7-17(24)21-20-16/h4-7,12H,3,8-11H2,1-2H3,(H,19,25)(H,21,24). The third kappa shape index (κ3) is 4.06. The SMILES string of the molecule is CCN1CCN(c2ccc(NC(=O)c3ccc(=O)[nH]n3)c(C)c2)CC1. The summed E-state index contributed by atoms with van der Waals surface area (Å²) in [6.45, 7) is 9.44. The van der Waals surface area contributed by atoms with Gasteiger partial charge in [0.05, 0.1) is 0 Å². The van der Waals surface area contributed by atoms with Gasteiger partial charge in [-0.25, -0.2) is 5.10 Å². The third-order valence-corrected chi connectivity index (χ3v) is 4.55. The largest absolute Gasteiger partial charge is 0.369 e. The first kappa shape index (κ1) is 17.2. The predicted molar refractivity (Wildman–Crippen MR) is 98.3 cm³/mol. The fourth-order valence-electron chi connectivity index (χ4n) is 2.96. The summed E-state index contributed by atoms with van der Waals surface area (Å²) in [6.07, 6.45) is 0. The number of hydrogen-bond acceptors (Lipinski definition) is 5. The molecule has 0 radical (unpaired) electrons.